The van der Waals surface area contributed by atoms with Gasteiger partial charge in [0.1, 0.15) is 36.1 Å². The van der Waals surface area contributed by atoms with Crippen LogP contribution >= 0.6 is 7.67 Å². The number of ether oxygens (including phenoxy) is 3. The van der Waals surface area contributed by atoms with Crippen molar-refractivity contribution in [3.05, 3.63) is 24.2 Å². The number of rotatable bonds is 12. The van der Waals surface area contributed by atoms with Gasteiger partial charge in [0.2, 0.25) is 0 Å². The van der Waals surface area contributed by atoms with Gasteiger partial charge in [0, 0.05) is 6.42 Å². The zero-order valence-corrected chi connectivity index (χ0v) is 22.4. The number of anilines is 1. The Balaban J connectivity index is 1.81. The molecule has 0 aromatic carbocycles. The van der Waals surface area contributed by atoms with Crippen molar-refractivity contribution in [3.8, 4) is 6.07 Å². The van der Waals surface area contributed by atoms with E-state index in [2.05, 4.69) is 26.3 Å². The largest absolute Gasteiger partial charge is 0.465 e. The predicted molar refractivity (Wildman–Crippen MR) is 132 cm³/mol. The molecule has 0 unspecified atom stereocenters. The molecule has 1 aliphatic rings. The van der Waals surface area contributed by atoms with Crippen molar-refractivity contribution in [1.29, 1.82) is 5.26 Å². The van der Waals surface area contributed by atoms with Crippen LogP contribution in [0.4, 0.5) is 5.82 Å². The predicted octanol–water partition coefficient (Wildman–Crippen LogP) is 0.387. The Hall–Kier alpha value is -3.12. The van der Waals surface area contributed by atoms with Gasteiger partial charge < -0.3 is 29.6 Å². The van der Waals surface area contributed by atoms with Crippen LogP contribution in [-0.4, -0.2) is 75.8 Å². The van der Waals surface area contributed by atoms with E-state index in [0.717, 1.165) is 0 Å². The van der Waals surface area contributed by atoms with Crippen molar-refractivity contribution in [1.82, 2.24) is 24.8 Å². The van der Waals surface area contributed by atoms with E-state index in [9.17, 15) is 24.5 Å². The Morgan fingerprint density at radius 3 is 2.45 bits per heavy atom. The first-order chi connectivity index (χ1) is 18.0. The summed E-state index contributed by atoms with van der Waals surface area (Å²) in [6.07, 6.45) is -1.21. The van der Waals surface area contributed by atoms with E-state index in [1.165, 1.54) is 24.7 Å². The number of carbonyl (C=O) groups excluding carboxylic acids is 2. The molecule has 0 spiro atoms. The third-order valence-corrected chi connectivity index (χ3v) is 7.75. The van der Waals surface area contributed by atoms with Gasteiger partial charge >= 0.3 is 19.6 Å². The molecule has 5 atom stereocenters. The van der Waals surface area contributed by atoms with Crippen molar-refractivity contribution < 1.29 is 38.0 Å². The SMILES string of the molecule is CCOC(=O)[C@H](C)NP(=O)(N[C@@H](C)C(=O)OCC)OC[C@H]1O[C@@](C#N)(c2ccc3c(N)ncnn23)C[C@@H]1O. The van der Waals surface area contributed by atoms with E-state index >= 15 is 0 Å². The van der Waals surface area contributed by atoms with E-state index in [1.807, 2.05) is 0 Å². The molecule has 5 N–H and O–H groups in total. The fourth-order valence-corrected chi connectivity index (χ4v) is 5.76. The normalized spacial score (nSPS) is 23.1. The lowest BCUT2D eigenvalue weighted by atomic mass is 9.96. The van der Waals surface area contributed by atoms with Gasteiger partial charge in [-0.2, -0.15) is 10.4 Å². The second kappa shape index (κ2) is 12.2. The van der Waals surface area contributed by atoms with Crippen LogP contribution in [0.1, 0.15) is 39.8 Å². The number of aliphatic hydroxyl groups excluding tert-OH is 1. The maximum Gasteiger partial charge on any atom is 0.342 e. The zero-order chi connectivity index (χ0) is 28.1. The number of fused-ring (bicyclic) bond motifs is 1. The van der Waals surface area contributed by atoms with Gasteiger partial charge in [0.25, 0.3) is 0 Å². The molecule has 0 radical (unpaired) electrons. The highest BCUT2D eigenvalue weighted by Crippen LogP contribution is 2.44. The van der Waals surface area contributed by atoms with Crippen molar-refractivity contribution in [3.63, 3.8) is 0 Å². The van der Waals surface area contributed by atoms with Crippen molar-refractivity contribution in [2.45, 2.75) is 64.0 Å². The molecule has 1 aliphatic heterocycles. The van der Waals surface area contributed by atoms with Gasteiger partial charge in [-0.1, -0.05) is 0 Å². The molecule has 0 aliphatic carbocycles. The first-order valence-corrected chi connectivity index (χ1v) is 13.6. The second-order valence-electron chi connectivity index (χ2n) is 8.58. The van der Waals surface area contributed by atoms with E-state index in [1.54, 1.807) is 26.0 Å². The highest BCUT2D eigenvalue weighted by molar-refractivity contribution is 7.54. The van der Waals surface area contributed by atoms with Gasteiger partial charge in [0.05, 0.1) is 31.6 Å². The van der Waals surface area contributed by atoms with E-state index in [4.69, 9.17) is 24.5 Å². The summed E-state index contributed by atoms with van der Waals surface area (Å²) in [7, 11) is -4.14. The van der Waals surface area contributed by atoms with E-state index in [0.29, 0.717) is 11.2 Å². The Bertz CT molecular complexity index is 1220. The van der Waals surface area contributed by atoms with E-state index in [-0.39, 0.29) is 25.5 Å². The summed E-state index contributed by atoms with van der Waals surface area (Å²) < 4.78 is 36.6. The molecule has 208 valence electrons. The number of hydrogen-bond acceptors (Lipinski definition) is 12. The van der Waals surface area contributed by atoms with Crippen LogP contribution < -0.4 is 15.9 Å². The monoisotopic (exact) mass is 553 g/mol. The number of hydrogen-bond donors (Lipinski definition) is 4. The third kappa shape index (κ3) is 6.29. The lowest BCUT2D eigenvalue weighted by Crippen LogP contribution is -2.43. The van der Waals surface area contributed by atoms with Crippen LogP contribution in [-0.2, 0) is 38.5 Å². The van der Waals surface area contributed by atoms with Crippen molar-refractivity contribution >= 4 is 30.9 Å². The van der Waals surface area contributed by atoms with Gasteiger partial charge in [-0.3, -0.25) is 14.2 Å². The number of nitrogens with zero attached hydrogens (tertiary/aromatic N) is 4. The van der Waals surface area contributed by atoms with Gasteiger partial charge in [-0.05, 0) is 39.8 Å². The molecule has 0 saturated carbocycles. The minimum Gasteiger partial charge on any atom is -0.465 e. The number of nitrogen functional groups attached to an aromatic ring is 1. The molecule has 3 heterocycles. The summed E-state index contributed by atoms with van der Waals surface area (Å²) in [6.45, 7) is 5.81. The molecular formula is C22H32N7O8P. The van der Waals surface area contributed by atoms with Crippen LogP contribution in [0.5, 0.6) is 0 Å². The lowest BCUT2D eigenvalue weighted by molar-refractivity contribution is -0.145. The Morgan fingerprint density at radius 1 is 1.29 bits per heavy atom. The molecule has 0 bridgehead atoms. The fourth-order valence-electron chi connectivity index (χ4n) is 3.95. The minimum absolute atomic E-state index is 0.103. The molecule has 1 saturated heterocycles. The standard InChI is InChI=1S/C22H32N7O8P/c1-5-34-20(31)13(3)27-38(33,28-14(4)21(32)35-6-2)36-10-17-16(30)9-22(11-23,37-17)18-8-7-15-19(24)25-12-26-29(15)18/h7-8,12-14,16-17,30H,5-6,9-10H2,1-4H3,(H2,24,25,26)(H2,27,28,33)/t13-,14-,16-,17+,22-/m0/s1. The van der Waals surface area contributed by atoms with Crippen LogP contribution in [0, 0.1) is 11.3 Å². The fraction of sp³-hybridized carbons (Fsp3) is 0.591. The lowest BCUT2D eigenvalue weighted by Gasteiger charge is -2.27. The van der Waals surface area contributed by atoms with Crippen LogP contribution in [0.2, 0.25) is 0 Å². The van der Waals surface area contributed by atoms with Gasteiger partial charge in [-0.15, -0.1) is 0 Å². The van der Waals surface area contributed by atoms with Crippen molar-refractivity contribution in [2.75, 3.05) is 25.6 Å². The van der Waals surface area contributed by atoms with Gasteiger partial charge in [0.15, 0.2) is 11.4 Å². The average Bonchev–Trinajstić information content (AvgIpc) is 3.45. The number of aliphatic hydroxyl groups is 1. The number of nitriles is 1. The maximum absolute atomic E-state index is 13.7. The summed E-state index contributed by atoms with van der Waals surface area (Å²) >= 11 is 0. The summed E-state index contributed by atoms with van der Waals surface area (Å²) in [5.41, 5.74) is 5.03. The van der Waals surface area contributed by atoms with Crippen LogP contribution in [0.3, 0.4) is 0 Å². The number of nitrogens with two attached hydrogens (primary N) is 1. The molecular weight excluding hydrogens is 521 g/mol. The first kappa shape index (κ1) is 29.4. The molecule has 16 heteroatoms. The summed E-state index contributed by atoms with van der Waals surface area (Å²) in [5.74, 6) is -1.19. The molecule has 0 amide bonds. The number of nitrogens with one attached hydrogen (secondary N) is 2. The van der Waals surface area contributed by atoms with Crippen LogP contribution in [0.25, 0.3) is 5.52 Å². The average molecular weight is 554 g/mol. The molecule has 1 fully saturated rings. The topological polar surface area (TPSA) is 212 Å². The van der Waals surface area contributed by atoms with E-state index < -0.39 is 56.1 Å². The Kier molecular flexibility index (Phi) is 9.42. The molecule has 15 nitrogen and oxygen atoms in total. The Labute approximate surface area is 219 Å². The first-order valence-electron chi connectivity index (χ1n) is 12.0. The summed E-state index contributed by atoms with van der Waals surface area (Å²) in [6, 6.07) is 3.15. The van der Waals surface area contributed by atoms with Crippen molar-refractivity contribution in [2.24, 2.45) is 0 Å². The zero-order valence-electron chi connectivity index (χ0n) is 21.5. The number of aromatic nitrogens is 3. The maximum atomic E-state index is 13.7. The third-order valence-electron chi connectivity index (χ3n) is 5.78. The highest BCUT2D eigenvalue weighted by atomic mass is 31.2. The molecule has 3 rings (SSSR count). The quantitative estimate of drug-likeness (QED) is 0.207. The molecule has 38 heavy (non-hydrogen) atoms. The van der Waals surface area contributed by atoms with Crippen LogP contribution in [0.15, 0.2) is 18.5 Å². The molecule has 2 aromatic rings. The number of carbonyl (C=O) groups is 2. The van der Waals surface area contributed by atoms with Gasteiger partial charge in [-0.25, -0.2) is 19.7 Å². The summed E-state index contributed by atoms with van der Waals surface area (Å²) in [4.78, 5) is 28.2. The molecule has 2 aromatic heterocycles. The second-order valence-corrected chi connectivity index (χ2v) is 10.5. The number of esters is 2. The smallest absolute Gasteiger partial charge is 0.342 e. The highest BCUT2D eigenvalue weighted by Gasteiger charge is 2.50. The minimum atomic E-state index is -4.14. The summed E-state index contributed by atoms with van der Waals surface area (Å²) in [5, 5.41) is 30.0. The Morgan fingerprint density at radius 2 is 1.89 bits per heavy atom.